The maximum Gasteiger partial charge on any atom is 0.250 e. The molecule has 0 aliphatic carbocycles. The maximum atomic E-state index is 10.5. The molecule has 0 unspecified atom stereocenters. The zero-order valence-electron chi connectivity index (χ0n) is 4.59. The van der Waals surface area contributed by atoms with Crippen molar-refractivity contribution < 1.29 is 9.90 Å². The Hall–Kier alpha value is -0.990. The van der Waals surface area contributed by atoms with Gasteiger partial charge in [-0.05, 0) is 0 Å². The molecule has 0 spiro atoms. The highest BCUT2D eigenvalue weighted by Crippen LogP contribution is 2.02. The van der Waals surface area contributed by atoms with E-state index in [4.69, 9.17) is 5.11 Å². The summed E-state index contributed by atoms with van der Waals surface area (Å²) in [7, 11) is 1.64. The largest absolute Gasteiger partial charge is 0.510 e. The van der Waals surface area contributed by atoms with Crippen LogP contribution in [0.5, 0.6) is 0 Å². The Morgan fingerprint density at radius 1 is 1.88 bits per heavy atom. The van der Waals surface area contributed by atoms with Crippen molar-refractivity contribution in [3.8, 4) is 0 Å². The van der Waals surface area contributed by atoms with Crippen LogP contribution in [0.15, 0.2) is 11.8 Å². The van der Waals surface area contributed by atoms with Crippen molar-refractivity contribution in [1.29, 1.82) is 0 Å². The van der Waals surface area contributed by atoms with Gasteiger partial charge in [0, 0.05) is 13.1 Å². The lowest BCUT2D eigenvalue weighted by atomic mass is 10.5. The first-order valence-electron chi connectivity index (χ1n) is 2.35. The lowest BCUT2D eigenvalue weighted by molar-refractivity contribution is -0.123. The van der Waals surface area contributed by atoms with E-state index in [1.807, 2.05) is 0 Å². The van der Waals surface area contributed by atoms with Crippen LogP contribution in [0, 0.1) is 0 Å². The Morgan fingerprint density at radius 3 is 2.62 bits per heavy atom. The Bertz CT molecular complexity index is 151. The van der Waals surface area contributed by atoms with Crippen molar-refractivity contribution in [1.82, 2.24) is 4.90 Å². The number of carbonyl (C=O) groups is 1. The molecule has 0 aromatic heterocycles. The van der Waals surface area contributed by atoms with Gasteiger partial charge in [-0.2, -0.15) is 0 Å². The zero-order chi connectivity index (χ0) is 6.15. The first-order chi connectivity index (χ1) is 3.70. The molecule has 0 saturated heterocycles. The van der Waals surface area contributed by atoms with Crippen molar-refractivity contribution >= 4 is 5.91 Å². The van der Waals surface area contributed by atoms with E-state index in [1.165, 1.54) is 11.0 Å². The molecule has 0 atom stereocenters. The molecule has 0 bridgehead atoms. The summed E-state index contributed by atoms with van der Waals surface area (Å²) >= 11 is 0. The molecule has 1 N–H and O–H groups in total. The fourth-order valence-electron chi connectivity index (χ4n) is 0.619. The van der Waals surface area contributed by atoms with Gasteiger partial charge in [-0.3, -0.25) is 4.79 Å². The monoisotopic (exact) mass is 113 g/mol. The van der Waals surface area contributed by atoms with Gasteiger partial charge in [-0.15, -0.1) is 0 Å². The number of aliphatic hydroxyl groups is 1. The van der Waals surface area contributed by atoms with Gasteiger partial charge < -0.3 is 10.0 Å². The summed E-state index contributed by atoms with van der Waals surface area (Å²) in [4.78, 5) is 11.9. The van der Waals surface area contributed by atoms with Crippen LogP contribution in [-0.4, -0.2) is 29.5 Å². The van der Waals surface area contributed by atoms with Crippen LogP contribution in [-0.2, 0) is 4.79 Å². The number of amides is 1. The van der Waals surface area contributed by atoms with Gasteiger partial charge in [0.1, 0.15) is 5.76 Å². The highest BCUT2D eigenvalue weighted by Gasteiger charge is 2.15. The normalized spacial score (nSPS) is 19.4. The summed E-state index contributed by atoms with van der Waals surface area (Å²) in [5.41, 5.74) is 0. The molecule has 1 amide bonds. The summed E-state index contributed by atoms with van der Waals surface area (Å²) in [6.45, 7) is 0.360. The zero-order valence-corrected chi connectivity index (χ0v) is 4.59. The number of carbonyl (C=O) groups excluding carboxylic acids is 1. The Kier molecular flexibility index (Phi) is 0.970. The van der Waals surface area contributed by atoms with Crippen LogP contribution < -0.4 is 0 Å². The van der Waals surface area contributed by atoms with Crippen molar-refractivity contribution in [2.75, 3.05) is 13.6 Å². The van der Waals surface area contributed by atoms with Crippen LogP contribution in [0.3, 0.4) is 0 Å². The van der Waals surface area contributed by atoms with E-state index in [0.29, 0.717) is 6.54 Å². The minimum absolute atomic E-state index is 0.123. The lowest BCUT2D eigenvalue weighted by Crippen LogP contribution is -2.19. The average Bonchev–Trinajstić information content (AvgIpc) is 1.85. The highest BCUT2D eigenvalue weighted by atomic mass is 16.3. The summed E-state index contributed by atoms with van der Waals surface area (Å²) in [5, 5.41) is 8.67. The molecule has 0 saturated carbocycles. The molecule has 8 heavy (non-hydrogen) atoms. The van der Waals surface area contributed by atoms with Gasteiger partial charge in [0.15, 0.2) is 0 Å². The third kappa shape index (κ3) is 0.665. The standard InChI is InChI=1S/C5H7NO2/c1-6-3-4(7)2-5(6)8/h2,7H,3H2,1H3. The van der Waals surface area contributed by atoms with E-state index in [0.717, 1.165) is 0 Å². The molecule has 1 aliphatic rings. The summed E-state index contributed by atoms with van der Waals surface area (Å²) < 4.78 is 0. The van der Waals surface area contributed by atoms with Crippen molar-refractivity contribution in [3.63, 3.8) is 0 Å². The van der Waals surface area contributed by atoms with Gasteiger partial charge in [-0.1, -0.05) is 0 Å². The van der Waals surface area contributed by atoms with Crippen molar-refractivity contribution in [2.24, 2.45) is 0 Å². The molecule has 0 radical (unpaired) electrons. The fourth-order valence-corrected chi connectivity index (χ4v) is 0.619. The maximum absolute atomic E-state index is 10.5. The molecule has 0 aromatic carbocycles. The van der Waals surface area contributed by atoms with Gasteiger partial charge in [0.05, 0.1) is 6.54 Å². The van der Waals surface area contributed by atoms with Gasteiger partial charge >= 0.3 is 0 Å². The SMILES string of the molecule is CN1CC(O)=CC1=O. The van der Waals surface area contributed by atoms with E-state index >= 15 is 0 Å². The number of aliphatic hydroxyl groups excluding tert-OH is 1. The number of nitrogens with zero attached hydrogens (tertiary/aromatic N) is 1. The lowest BCUT2D eigenvalue weighted by Gasteiger charge is -2.04. The Balaban J connectivity index is 2.70. The molecule has 44 valence electrons. The van der Waals surface area contributed by atoms with Crippen molar-refractivity contribution in [2.45, 2.75) is 0 Å². The first-order valence-corrected chi connectivity index (χ1v) is 2.35. The van der Waals surface area contributed by atoms with E-state index in [1.54, 1.807) is 7.05 Å². The Morgan fingerprint density at radius 2 is 2.50 bits per heavy atom. The minimum atomic E-state index is -0.123. The second-order valence-corrected chi connectivity index (χ2v) is 1.83. The molecule has 3 heteroatoms. The van der Waals surface area contributed by atoms with Crippen LogP contribution in [0.2, 0.25) is 0 Å². The fraction of sp³-hybridized carbons (Fsp3) is 0.400. The highest BCUT2D eigenvalue weighted by molar-refractivity contribution is 5.90. The third-order valence-corrected chi connectivity index (χ3v) is 1.07. The molecule has 1 heterocycles. The smallest absolute Gasteiger partial charge is 0.250 e. The van der Waals surface area contributed by atoms with E-state index in [-0.39, 0.29) is 11.7 Å². The van der Waals surface area contributed by atoms with Crippen LogP contribution in [0.25, 0.3) is 0 Å². The quantitative estimate of drug-likeness (QED) is 0.476. The molecule has 1 aliphatic heterocycles. The van der Waals surface area contributed by atoms with Crippen LogP contribution in [0.4, 0.5) is 0 Å². The molecule has 0 fully saturated rings. The molecule has 3 nitrogen and oxygen atoms in total. The summed E-state index contributed by atoms with van der Waals surface area (Å²) in [6.07, 6.45) is 1.22. The number of rotatable bonds is 0. The molecule has 0 aromatic rings. The van der Waals surface area contributed by atoms with Crippen molar-refractivity contribution in [3.05, 3.63) is 11.8 Å². The number of hydrogen-bond donors (Lipinski definition) is 1. The molecule has 1 rings (SSSR count). The average molecular weight is 113 g/mol. The topological polar surface area (TPSA) is 40.5 Å². The molecular weight excluding hydrogens is 106 g/mol. The summed E-state index contributed by atoms with van der Waals surface area (Å²) in [6, 6.07) is 0. The third-order valence-electron chi connectivity index (χ3n) is 1.07. The van der Waals surface area contributed by atoms with Crippen LogP contribution >= 0.6 is 0 Å². The van der Waals surface area contributed by atoms with E-state index in [9.17, 15) is 4.79 Å². The second-order valence-electron chi connectivity index (χ2n) is 1.83. The van der Waals surface area contributed by atoms with Gasteiger partial charge in [-0.25, -0.2) is 0 Å². The predicted octanol–water partition coefficient (Wildman–Crippen LogP) is -0.0997. The van der Waals surface area contributed by atoms with Gasteiger partial charge in [0.2, 0.25) is 5.91 Å². The van der Waals surface area contributed by atoms with E-state index < -0.39 is 0 Å². The Labute approximate surface area is 47.2 Å². The van der Waals surface area contributed by atoms with Gasteiger partial charge in [0.25, 0.3) is 0 Å². The molecular formula is C5H7NO2. The van der Waals surface area contributed by atoms with Crippen LogP contribution in [0.1, 0.15) is 0 Å². The number of hydrogen-bond acceptors (Lipinski definition) is 2. The van der Waals surface area contributed by atoms with E-state index in [2.05, 4.69) is 0 Å². The second kappa shape index (κ2) is 1.51. The number of likely N-dealkylation sites (N-methyl/N-ethyl adjacent to an activating group) is 1. The first kappa shape index (κ1) is 5.15. The minimum Gasteiger partial charge on any atom is -0.510 e. The predicted molar refractivity (Wildman–Crippen MR) is 28.3 cm³/mol. The summed E-state index contributed by atoms with van der Waals surface area (Å²) in [5.74, 6) is 0.0278.